The Balaban J connectivity index is 1.13. The molecule has 4 nitrogen and oxygen atoms in total. The number of aromatic nitrogens is 3. The fraction of sp³-hybridized carbons (Fsp3) is 0.0192. The second-order valence-corrected chi connectivity index (χ2v) is 14.0. The molecule has 9 aromatic rings. The molecular weight excluding hydrogens is 683 g/mol. The molecule has 0 unspecified atom stereocenters. The first-order chi connectivity index (χ1) is 27.7. The van der Waals surface area contributed by atoms with Crippen LogP contribution in [-0.4, -0.2) is 15.0 Å². The van der Waals surface area contributed by atoms with Gasteiger partial charge in [0.1, 0.15) is 11.5 Å². The third-order valence-corrected chi connectivity index (χ3v) is 10.7. The monoisotopic (exact) mass is 717 g/mol. The fourth-order valence-electron chi connectivity index (χ4n) is 8.04. The van der Waals surface area contributed by atoms with Crippen LogP contribution in [0, 0.1) is 0 Å². The zero-order valence-electron chi connectivity index (χ0n) is 30.5. The van der Waals surface area contributed by atoms with Crippen LogP contribution in [0.4, 0.5) is 0 Å². The van der Waals surface area contributed by atoms with Crippen LogP contribution in [0.3, 0.4) is 0 Å². The molecule has 0 saturated carbocycles. The van der Waals surface area contributed by atoms with E-state index in [1.165, 1.54) is 11.1 Å². The van der Waals surface area contributed by atoms with Gasteiger partial charge in [0.15, 0.2) is 17.5 Å². The second-order valence-electron chi connectivity index (χ2n) is 14.0. The highest BCUT2D eigenvalue weighted by Gasteiger charge is 2.45. The molecule has 0 aliphatic carbocycles. The Morgan fingerprint density at radius 3 is 1.29 bits per heavy atom. The Morgan fingerprint density at radius 2 is 0.696 bits per heavy atom. The van der Waals surface area contributed by atoms with E-state index in [-0.39, 0.29) is 0 Å². The van der Waals surface area contributed by atoms with Gasteiger partial charge in [0.25, 0.3) is 0 Å². The average molecular weight is 718 g/mol. The van der Waals surface area contributed by atoms with Crippen molar-refractivity contribution in [3.05, 3.63) is 235 Å². The molecule has 0 amide bonds. The summed E-state index contributed by atoms with van der Waals surface area (Å²) in [6, 6.07) is 73.9. The fourth-order valence-corrected chi connectivity index (χ4v) is 8.04. The summed E-state index contributed by atoms with van der Waals surface area (Å²) in [5, 5.41) is 0. The highest BCUT2D eigenvalue weighted by Crippen LogP contribution is 2.55. The van der Waals surface area contributed by atoms with Gasteiger partial charge in [0.2, 0.25) is 0 Å². The van der Waals surface area contributed by atoms with Crippen molar-refractivity contribution in [1.29, 1.82) is 0 Å². The molecule has 0 fully saturated rings. The van der Waals surface area contributed by atoms with Crippen LogP contribution in [0.5, 0.6) is 11.5 Å². The molecule has 0 N–H and O–H groups in total. The van der Waals surface area contributed by atoms with Gasteiger partial charge >= 0.3 is 0 Å². The van der Waals surface area contributed by atoms with E-state index in [1.807, 2.05) is 42.5 Å². The SMILES string of the molecule is c1ccc(-c2cccc(-c3nc(-c4ccccc4)nc(-c4cccc(-c5ccc6c(c5)C(c5ccccc5)(c5ccccc5)c5ccccc5O6)c4)n3)c2)cc1. The van der Waals surface area contributed by atoms with Gasteiger partial charge in [-0.15, -0.1) is 0 Å². The molecule has 1 aromatic heterocycles. The van der Waals surface area contributed by atoms with E-state index in [1.54, 1.807) is 0 Å². The highest BCUT2D eigenvalue weighted by atomic mass is 16.5. The molecular formula is C52H35N3O. The zero-order valence-corrected chi connectivity index (χ0v) is 30.5. The number of ether oxygens (including phenoxy) is 1. The Bertz CT molecular complexity index is 2780. The van der Waals surface area contributed by atoms with E-state index in [9.17, 15) is 0 Å². The molecule has 0 bridgehead atoms. The Labute approximate surface area is 326 Å². The van der Waals surface area contributed by atoms with Crippen molar-refractivity contribution in [2.75, 3.05) is 0 Å². The van der Waals surface area contributed by atoms with E-state index in [2.05, 4.69) is 170 Å². The normalized spacial score (nSPS) is 12.6. The number of hydrogen-bond acceptors (Lipinski definition) is 4. The molecule has 264 valence electrons. The zero-order chi connectivity index (χ0) is 37.3. The van der Waals surface area contributed by atoms with E-state index in [4.69, 9.17) is 19.7 Å². The first-order valence-electron chi connectivity index (χ1n) is 18.9. The predicted octanol–water partition coefficient (Wildman–Crippen LogP) is 12.7. The van der Waals surface area contributed by atoms with Gasteiger partial charge in [0, 0.05) is 27.8 Å². The maximum Gasteiger partial charge on any atom is 0.164 e. The van der Waals surface area contributed by atoms with E-state index >= 15 is 0 Å². The van der Waals surface area contributed by atoms with Crippen LogP contribution in [0.2, 0.25) is 0 Å². The minimum atomic E-state index is -0.609. The summed E-state index contributed by atoms with van der Waals surface area (Å²) in [5.41, 5.74) is 11.1. The van der Waals surface area contributed by atoms with Gasteiger partial charge in [-0.25, -0.2) is 15.0 Å². The maximum absolute atomic E-state index is 6.68. The number of para-hydroxylation sites is 1. The van der Waals surface area contributed by atoms with E-state index in [0.717, 1.165) is 61.6 Å². The summed E-state index contributed by atoms with van der Waals surface area (Å²) in [6.07, 6.45) is 0. The lowest BCUT2D eigenvalue weighted by molar-refractivity contribution is 0.434. The van der Waals surface area contributed by atoms with Gasteiger partial charge in [0.05, 0.1) is 5.41 Å². The average Bonchev–Trinajstić information content (AvgIpc) is 3.29. The number of hydrogen-bond donors (Lipinski definition) is 0. The van der Waals surface area contributed by atoms with Crippen LogP contribution < -0.4 is 4.74 Å². The molecule has 0 saturated heterocycles. The van der Waals surface area contributed by atoms with Gasteiger partial charge in [-0.1, -0.05) is 182 Å². The van der Waals surface area contributed by atoms with Gasteiger partial charge < -0.3 is 4.74 Å². The third kappa shape index (κ3) is 5.85. The van der Waals surface area contributed by atoms with E-state index in [0.29, 0.717) is 17.5 Å². The Morgan fingerprint density at radius 1 is 0.286 bits per heavy atom. The molecule has 10 rings (SSSR count). The minimum absolute atomic E-state index is 0.609. The lowest BCUT2D eigenvalue weighted by atomic mass is 9.63. The van der Waals surface area contributed by atoms with Crippen molar-refractivity contribution in [3.63, 3.8) is 0 Å². The van der Waals surface area contributed by atoms with Gasteiger partial charge in [-0.3, -0.25) is 0 Å². The lowest BCUT2D eigenvalue weighted by Gasteiger charge is -2.41. The third-order valence-electron chi connectivity index (χ3n) is 10.7. The van der Waals surface area contributed by atoms with Crippen molar-refractivity contribution >= 4 is 0 Å². The number of rotatable bonds is 7. The van der Waals surface area contributed by atoms with Crippen molar-refractivity contribution in [2.45, 2.75) is 5.41 Å². The van der Waals surface area contributed by atoms with Crippen molar-refractivity contribution < 1.29 is 4.74 Å². The van der Waals surface area contributed by atoms with Crippen LogP contribution in [0.1, 0.15) is 22.3 Å². The second kappa shape index (κ2) is 14.1. The van der Waals surface area contributed by atoms with Gasteiger partial charge in [-0.05, 0) is 63.7 Å². The summed E-state index contributed by atoms with van der Waals surface area (Å²) in [5.74, 6) is 3.55. The van der Waals surface area contributed by atoms with Crippen molar-refractivity contribution in [3.8, 4) is 67.9 Å². The van der Waals surface area contributed by atoms with Crippen molar-refractivity contribution in [2.24, 2.45) is 0 Å². The minimum Gasteiger partial charge on any atom is -0.457 e. The molecule has 1 aliphatic rings. The summed E-state index contributed by atoms with van der Waals surface area (Å²) < 4.78 is 6.68. The number of benzene rings is 8. The molecule has 0 radical (unpaired) electrons. The quantitative estimate of drug-likeness (QED) is 0.165. The van der Waals surface area contributed by atoms with Crippen LogP contribution in [0.15, 0.2) is 212 Å². The smallest absolute Gasteiger partial charge is 0.164 e. The molecule has 8 aromatic carbocycles. The molecule has 0 spiro atoms. The topological polar surface area (TPSA) is 47.9 Å². The molecule has 1 aliphatic heterocycles. The van der Waals surface area contributed by atoms with E-state index < -0.39 is 5.41 Å². The highest BCUT2D eigenvalue weighted by molar-refractivity contribution is 5.78. The predicted molar refractivity (Wildman–Crippen MR) is 225 cm³/mol. The summed E-state index contributed by atoms with van der Waals surface area (Å²) in [7, 11) is 0. The number of fused-ring (bicyclic) bond motifs is 2. The molecule has 2 heterocycles. The Kier molecular flexibility index (Phi) is 8.34. The first kappa shape index (κ1) is 33.2. The van der Waals surface area contributed by atoms with Crippen LogP contribution in [-0.2, 0) is 5.41 Å². The Hall–Kier alpha value is -7.43. The first-order valence-corrected chi connectivity index (χ1v) is 18.9. The molecule has 56 heavy (non-hydrogen) atoms. The summed E-state index contributed by atoms with van der Waals surface area (Å²) in [4.78, 5) is 15.2. The number of nitrogens with zero attached hydrogens (tertiary/aromatic N) is 3. The summed E-state index contributed by atoms with van der Waals surface area (Å²) >= 11 is 0. The van der Waals surface area contributed by atoms with Crippen molar-refractivity contribution in [1.82, 2.24) is 15.0 Å². The largest absolute Gasteiger partial charge is 0.457 e. The van der Waals surface area contributed by atoms with Crippen LogP contribution >= 0.6 is 0 Å². The molecule has 0 atom stereocenters. The van der Waals surface area contributed by atoms with Gasteiger partial charge in [-0.2, -0.15) is 0 Å². The lowest BCUT2D eigenvalue weighted by Crippen LogP contribution is -2.34. The summed E-state index contributed by atoms with van der Waals surface area (Å²) in [6.45, 7) is 0. The maximum atomic E-state index is 6.68. The van der Waals surface area contributed by atoms with Crippen LogP contribution in [0.25, 0.3) is 56.4 Å². The standard InChI is InChI=1S/C52H35N3O/c1-5-17-36(18-6-1)38-21-15-23-41(33-38)50-53-49(37-19-7-2-8-20-37)54-51(55-50)42-24-16-22-39(34-42)40-31-32-48-46(35-40)52(43-25-9-3-10-26-43,44-27-11-4-12-28-44)45-29-13-14-30-47(45)56-48/h1-35H. The molecule has 4 heteroatoms.